The Kier molecular flexibility index (Phi) is 5.67. The second-order valence-electron chi connectivity index (χ2n) is 7.53. The largest absolute Gasteiger partial charge is 0.416 e. The van der Waals surface area contributed by atoms with Crippen molar-refractivity contribution in [2.45, 2.75) is 20.0 Å². The van der Waals surface area contributed by atoms with Gasteiger partial charge in [-0.1, -0.05) is 18.2 Å². The number of halogens is 3. The highest BCUT2D eigenvalue weighted by Crippen LogP contribution is 2.33. The Morgan fingerprint density at radius 1 is 1.00 bits per heavy atom. The summed E-state index contributed by atoms with van der Waals surface area (Å²) in [6.45, 7) is 3.94. The van der Waals surface area contributed by atoms with E-state index in [2.05, 4.69) is 5.32 Å². The zero-order chi connectivity index (χ0) is 23.9. The van der Waals surface area contributed by atoms with Crippen molar-refractivity contribution in [3.05, 3.63) is 88.8 Å². The second kappa shape index (κ2) is 8.32. The van der Waals surface area contributed by atoms with E-state index in [9.17, 15) is 22.8 Å². The summed E-state index contributed by atoms with van der Waals surface area (Å²) in [5, 5.41) is 2.11. The number of anilines is 1. The number of nitrogens with zero attached hydrogens (tertiary/aromatic N) is 2. The summed E-state index contributed by atoms with van der Waals surface area (Å²) < 4.78 is 41.3. The van der Waals surface area contributed by atoms with Gasteiger partial charge in [-0.25, -0.2) is 0 Å². The number of benzene rings is 2. The molecule has 1 aromatic heterocycles. The molecule has 1 aliphatic rings. The van der Waals surface area contributed by atoms with E-state index < -0.39 is 23.6 Å². The Morgan fingerprint density at radius 3 is 2.45 bits per heavy atom. The fourth-order valence-corrected chi connectivity index (χ4v) is 3.87. The van der Waals surface area contributed by atoms with E-state index in [1.807, 2.05) is 36.6 Å². The van der Waals surface area contributed by atoms with Crippen LogP contribution in [0.5, 0.6) is 0 Å². The molecule has 0 bridgehead atoms. The molecule has 5 nitrogen and oxygen atoms in total. The lowest BCUT2D eigenvalue weighted by Crippen LogP contribution is -2.54. The number of hydrogen-bond acceptors (Lipinski definition) is 3. The molecular formula is C24H18F3N3O2S. The van der Waals surface area contributed by atoms with Gasteiger partial charge in [-0.3, -0.25) is 19.8 Å². The maximum Gasteiger partial charge on any atom is 0.416 e. The first-order valence-electron chi connectivity index (χ1n) is 9.90. The zero-order valence-electron chi connectivity index (χ0n) is 17.6. The number of alkyl halides is 3. The molecule has 33 heavy (non-hydrogen) atoms. The summed E-state index contributed by atoms with van der Waals surface area (Å²) >= 11 is 5.09. The van der Waals surface area contributed by atoms with Crippen molar-refractivity contribution in [2.75, 3.05) is 4.90 Å². The van der Waals surface area contributed by atoms with E-state index in [1.165, 1.54) is 18.2 Å². The number of carbonyl (C=O) groups excluding carboxylic acids is 2. The molecule has 168 valence electrons. The molecule has 0 radical (unpaired) electrons. The van der Waals surface area contributed by atoms with Crippen LogP contribution in [-0.4, -0.2) is 21.5 Å². The Balaban J connectivity index is 1.77. The van der Waals surface area contributed by atoms with Crippen LogP contribution in [0.4, 0.5) is 18.9 Å². The van der Waals surface area contributed by atoms with E-state index in [-0.39, 0.29) is 16.4 Å². The van der Waals surface area contributed by atoms with Gasteiger partial charge >= 0.3 is 6.18 Å². The maximum atomic E-state index is 13.2. The van der Waals surface area contributed by atoms with Gasteiger partial charge < -0.3 is 4.57 Å². The molecule has 0 unspecified atom stereocenters. The van der Waals surface area contributed by atoms with Gasteiger partial charge in [-0.05, 0) is 79.7 Å². The van der Waals surface area contributed by atoms with E-state index in [0.29, 0.717) is 5.69 Å². The van der Waals surface area contributed by atoms with Crippen LogP contribution >= 0.6 is 12.2 Å². The van der Waals surface area contributed by atoms with E-state index in [0.717, 1.165) is 33.8 Å². The predicted molar refractivity (Wildman–Crippen MR) is 123 cm³/mol. The molecule has 3 aromatic rings. The first-order valence-corrected chi connectivity index (χ1v) is 10.3. The number of aryl methyl sites for hydroxylation is 1. The molecule has 4 rings (SSSR count). The van der Waals surface area contributed by atoms with Crippen molar-refractivity contribution in [3.8, 4) is 5.69 Å². The van der Waals surface area contributed by atoms with Gasteiger partial charge in [0.2, 0.25) is 0 Å². The Morgan fingerprint density at radius 2 is 1.73 bits per heavy atom. The molecule has 9 heteroatoms. The molecule has 0 aliphatic carbocycles. The van der Waals surface area contributed by atoms with Crippen molar-refractivity contribution in [3.63, 3.8) is 0 Å². The van der Waals surface area contributed by atoms with Gasteiger partial charge in [0.15, 0.2) is 5.11 Å². The molecule has 2 aromatic carbocycles. The second-order valence-corrected chi connectivity index (χ2v) is 7.91. The Labute approximate surface area is 193 Å². The highest BCUT2D eigenvalue weighted by molar-refractivity contribution is 7.80. The summed E-state index contributed by atoms with van der Waals surface area (Å²) in [6, 6.07) is 13.5. The van der Waals surface area contributed by atoms with Crippen molar-refractivity contribution < 1.29 is 22.8 Å². The van der Waals surface area contributed by atoms with Crippen molar-refractivity contribution in [1.82, 2.24) is 9.88 Å². The molecular weight excluding hydrogens is 451 g/mol. The minimum atomic E-state index is -4.59. The highest BCUT2D eigenvalue weighted by Gasteiger charge is 2.36. The van der Waals surface area contributed by atoms with Crippen LogP contribution in [0.15, 0.2) is 66.4 Å². The summed E-state index contributed by atoms with van der Waals surface area (Å²) in [6.07, 6.45) is -1.39. The van der Waals surface area contributed by atoms with E-state index in [1.54, 1.807) is 18.3 Å². The van der Waals surface area contributed by atoms with Gasteiger partial charge in [-0.2, -0.15) is 13.2 Å². The van der Waals surface area contributed by atoms with Crippen LogP contribution in [-0.2, 0) is 15.8 Å². The quantitative estimate of drug-likeness (QED) is 0.336. The van der Waals surface area contributed by atoms with Crippen molar-refractivity contribution in [2.24, 2.45) is 0 Å². The SMILES string of the molecule is Cc1cccc(-n2cccc2/C=C2\C(=O)NC(=S)N(c3cccc(C(F)(F)F)c3)C2=O)c1C. The highest BCUT2D eigenvalue weighted by atomic mass is 32.1. The fourth-order valence-electron chi connectivity index (χ4n) is 3.59. The van der Waals surface area contributed by atoms with Crippen LogP contribution in [0.1, 0.15) is 22.4 Å². The van der Waals surface area contributed by atoms with Gasteiger partial charge in [-0.15, -0.1) is 0 Å². The molecule has 2 heterocycles. The topological polar surface area (TPSA) is 54.3 Å². The van der Waals surface area contributed by atoms with E-state index >= 15 is 0 Å². The van der Waals surface area contributed by atoms with Crippen LogP contribution < -0.4 is 10.2 Å². The molecule has 1 saturated heterocycles. The average Bonchev–Trinajstić information content (AvgIpc) is 3.20. The van der Waals surface area contributed by atoms with Gasteiger partial charge in [0.05, 0.1) is 11.3 Å². The number of thiocarbonyl (C=S) groups is 1. The Bertz CT molecular complexity index is 1320. The number of rotatable bonds is 3. The number of aromatic nitrogens is 1. The van der Waals surface area contributed by atoms with Gasteiger partial charge in [0, 0.05) is 17.6 Å². The zero-order valence-corrected chi connectivity index (χ0v) is 18.4. The Hall–Kier alpha value is -3.72. The molecule has 2 amide bonds. The van der Waals surface area contributed by atoms with Crippen LogP contribution in [0.3, 0.4) is 0 Å². The fraction of sp³-hybridized carbons (Fsp3) is 0.125. The molecule has 1 aliphatic heterocycles. The molecule has 0 saturated carbocycles. The minimum absolute atomic E-state index is 0.0874. The molecule has 1 fully saturated rings. The summed E-state index contributed by atoms with van der Waals surface area (Å²) in [7, 11) is 0. The number of hydrogen-bond donors (Lipinski definition) is 1. The van der Waals surface area contributed by atoms with Crippen molar-refractivity contribution in [1.29, 1.82) is 0 Å². The number of nitrogens with one attached hydrogen (secondary N) is 1. The molecule has 0 spiro atoms. The van der Waals surface area contributed by atoms with Crippen LogP contribution in [0.2, 0.25) is 0 Å². The monoisotopic (exact) mass is 469 g/mol. The third-order valence-corrected chi connectivity index (χ3v) is 5.73. The minimum Gasteiger partial charge on any atom is -0.317 e. The number of amides is 2. The lowest BCUT2D eigenvalue weighted by Gasteiger charge is -2.29. The third-order valence-electron chi connectivity index (χ3n) is 5.44. The normalized spacial score (nSPS) is 15.8. The summed E-state index contributed by atoms with van der Waals surface area (Å²) in [5.74, 6) is -1.53. The number of carbonyl (C=O) groups is 2. The molecule has 1 N–H and O–H groups in total. The smallest absolute Gasteiger partial charge is 0.317 e. The summed E-state index contributed by atoms with van der Waals surface area (Å²) in [4.78, 5) is 26.7. The summed E-state index contributed by atoms with van der Waals surface area (Å²) in [5.41, 5.74) is 2.27. The third kappa shape index (κ3) is 4.19. The van der Waals surface area contributed by atoms with Crippen molar-refractivity contribution >= 4 is 40.9 Å². The average molecular weight is 469 g/mol. The first-order chi connectivity index (χ1) is 15.6. The van der Waals surface area contributed by atoms with E-state index in [4.69, 9.17) is 12.2 Å². The van der Waals surface area contributed by atoms with Gasteiger partial charge in [0.1, 0.15) is 5.57 Å². The first kappa shape index (κ1) is 22.5. The lowest BCUT2D eigenvalue weighted by molar-refractivity contribution is -0.137. The van der Waals surface area contributed by atoms with Gasteiger partial charge in [0.25, 0.3) is 11.8 Å². The maximum absolute atomic E-state index is 13.2. The standard InChI is InChI=1S/C24H18F3N3O2S/c1-14-6-3-10-20(15(14)2)29-11-5-9-17(29)13-19-21(31)28-23(33)30(22(19)32)18-8-4-7-16(12-18)24(25,26)27/h3-13H,1-2H3,(H,28,31,33)/b19-13+. The predicted octanol–water partition coefficient (Wildman–Crippen LogP) is 4.94. The molecule has 0 atom stereocenters. The lowest BCUT2D eigenvalue weighted by atomic mass is 10.1. The van der Waals surface area contributed by atoms with Crippen LogP contribution in [0.25, 0.3) is 11.8 Å². The van der Waals surface area contributed by atoms with Crippen LogP contribution in [0, 0.1) is 13.8 Å².